The Labute approximate surface area is 194 Å². The molecule has 0 spiro atoms. The van der Waals surface area contributed by atoms with Gasteiger partial charge < -0.3 is 14.4 Å². The number of hydrogen-bond acceptors (Lipinski definition) is 3. The van der Waals surface area contributed by atoms with Crippen molar-refractivity contribution in [3.63, 3.8) is 0 Å². The fourth-order valence-corrected chi connectivity index (χ4v) is 4.46. The van der Waals surface area contributed by atoms with Gasteiger partial charge in [0.25, 0.3) is 5.91 Å². The first-order chi connectivity index (χ1) is 16.0. The molecule has 1 aliphatic heterocycles. The van der Waals surface area contributed by atoms with Crippen molar-refractivity contribution in [3.05, 3.63) is 94.4 Å². The molecule has 0 unspecified atom stereocenters. The minimum Gasteiger partial charge on any atom is -0.339 e. The third kappa shape index (κ3) is 4.75. The molecule has 3 aromatic rings. The summed E-state index contributed by atoms with van der Waals surface area (Å²) in [7, 11) is 1.62. The number of rotatable bonds is 6. The molecular weight excluding hydrogens is 414 g/mol. The molecule has 0 N–H and O–H groups in total. The third-order valence-corrected chi connectivity index (χ3v) is 6.19. The summed E-state index contributed by atoms with van der Waals surface area (Å²) in [5.41, 5.74) is 3.41. The first-order valence-corrected chi connectivity index (χ1v) is 11.4. The van der Waals surface area contributed by atoms with Gasteiger partial charge in [-0.05, 0) is 29.2 Å². The summed E-state index contributed by atoms with van der Waals surface area (Å²) in [5, 5.41) is 0. The SMILES string of the molecule is CCCN1CCN(C(=O)c2ccc(=O)n(C)c2)[C@@H](Cc2ccccc2-c2ccccc2)C1=O. The summed E-state index contributed by atoms with van der Waals surface area (Å²) in [4.78, 5) is 42.3. The van der Waals surface area contributed by atoms with Gasteiger partial charge in [-0.2, -0.15) is 0 Å². The number of aryl methyl sites for hydroxylation is 1. The van der Waals surface area contributed by atoms with Gasteiger partial charge in [0.1, 0.15) is 6.04 Å². The third-order valence-electron chi connectivity index (χ3n) is 6.19. The van der Waals surface area contributed by atoms with E-state index >= 15 is 0 Å². The second-order valence-corrected chi connectivity index (χ2v) is 8.43. The van der Waals surface area contributed by atoms with E-state index in [2.05, 4.69) is 25.1 Å². The van der Waals surface area contributed by atoms with E-state index in [0.29, 0.717) is 31.6 Å². The summed E-state index contributed by atoms with van der Waals surface area (Å²) in [6.07, 6.45) is 2.85. The molecule has 170 valence electrons. The van der Waals surface area contributed by atoms with Crippen molar-refractivity contribution in [2.75, 3.05) is 19.6 Å². The monoisotopic (exact) mass is 443 g/mol. The largest absolute Gasteiger partial charge is 0.339 e. The van der Waals surface area contributed by atoms with Crippen LogP contribution in [0.5, 0.6) is 0 Å². The van der Waals surface area contributed by atoms with E-state index in [9.17, 15) is 14.4 Å². The Morgan fingerprint density at radius 2 is 1.67 bits per heavy atom. The van der Waals surface area contributed by atoms with Gasteiger partial charge in [0.15, 0.2) is 0 Å². The highest BCUT2D eigenvalue weighted by molar-refractivity contribution is 5.98. The molecule has 2 amide bonds. The highest BCUT2D eigenvalue weighted by atomic mass is 16.2. The first-order valence-electron chi connectivity index (χ1n) is 11.4. The highest BCUT2D eigenvalue weighted by Gasteiger charge is 2.38. The van der Waals surface area contributed by atoms with Gasteiger partial charge in [-0.1, -0.05) is 61.5 Å². The van der Waals surface area contributed by atoms with Crippen LogP contribution in [0, 0.1) is 0 Å². The minimum absolute atomic E-state index is 0.0239. The van der Waals surface area contributed by atoms with Crippen molar-refractivity contribution >= 4 is 11.8 Å². The maximum atomic E-state index is 13.5. The normalized spacial score (nSPS) is 16.2. The fourth-order valence-electron chi connectivity index (χ4n) is 4.46. The fraction of sp³-hybridized carbons (Fsp3) is 0.296. The van der Waals surface area contributed by atoms with E-state index in [4.69, 9.17) is 0 Å². The number of nitrogens with zero attached hydrogens (tertiary/aromatic N) is 3. The van der Waals surface area contributed by atoms with Gasteiger partial charge in [-0.25, -0.2) is 0 Å². The van der Waals surface area contributed by atoms with E-state index in [0.717, 1.165) is 23.1 Å². The lowest BCUT2D eigenvalue weighted by molar-refractivity contribution is -0.140. The van der Waals surface area contributed by atoms with Crippen LogP contribution in [0.15, 0.2) is 77.7 Å². The van der Waals surface area contributed by atoms with Crippen LogP contribution >= 0.6 is 0 Å². The molecule has 0 saturated carbocycles. The molecule has 1 aromatic heterocycles. The molecule has 33 heavy (non-hydrogen) atoms. The van der Waals surface area contributed by atoms with Crippen molar-refractivity contribution in [2.45, 2.75) is 25.8 Å². The second kappa shape index (κ2) is 9.86. The van der Waals surface area contributed by atoms with Crippen molar-refractivity contribution in [2.24, 2.45) is 7.05 Å². The van der Waals surface area contributed by atoms with Gasteiger partial charge in [0, 0.05) is 45.4 Å². The minimum atomic E-state index is -0.597. The van der Waals surface area contributed by atoms with Crippen molar-refractivity contribution in [1.82, 2.24) is 14.4 Å². The number of piperazine rings is 1. The van der Waals surface area contributed by atoms with Crippen LogP contribution in [0.1, 0.15) is 29.3 Å². The van der Waals surface area contributed by atoms with Crippen LogP contribution in [0.4, 0.5) is 0 Å². The van der Waals surface area contributed by atoms with Crippen LogP contribution in [-0.2, 0) is 18.3 Å². The Bertz CT molecular complexity index is 1200. The van der Waals surface area contributed by atoms with E-state index in [1.54, 1.807) is 24.2 Å². The summed E-state index contributed by atoms with van der Waals surface area (Å²) < 4.78 is 1.39. The first kappa shape index (κ1) is 22.5. The topological polar surface area (TPSA) is 62.6 Å². The number of pyridine rings is 1. The molecule has 1 saturated heterocycles. The molecule has 6 heteroatoms. The molecule has 6 nitrogen and oxygen atoms in total. The average molecular weight is 444 g/mol. The summed E-state index contributed by atoms with van der Waals surface area (Å²) in [6.45, 7) is 3.71. The molecule has 1 fully saturated rings. The molecule has 2 heterocycles. The Morgan fingerprint density at radius 1 is 0.939 bits per heavy atom. The Kier molecular flexibility index (Phi) is 6.73. The van der Waals surface area contributed by atoms with E-state index in [1.165, 1.54) is 10.6 Å². The van der Waals surface area contributed by atoms with Crippen LogP contribution in [-0.4, -0.2) is 51.9 Å². The van der Waals surface area contributed by atoms with Crippen LogP contribution in [0.25, 0.3) is 11.1 Å². The number of benzene rings is 2. The molecule has 0 aliphatic carbocycles. The van der Waals surface area contributed by atoms with Crippen molar-refractivity contribution in [1.29, 1.82) is 0 Å². The smallest absolute Gasteiger partial charge is 0.256 e. The van der Waals surface area contributed by atoms with E-state index in [-0.39, 0.29) is 17.4 Å². The van der Waals surface area contributed by atoms with Crippen LogP contribution in [0.2, 0.25) is 0 Å². The number of aromatic nitrogens is 1. The quantitative estimate of drug-likeness (QED) is 0.587. The average Bonchev–Trinajstić information content (AvgIpc) is 2.84. The molecule has 0 radical (unpaired) electrons. The van der Waals surface area contributed by atoms with Crippen molar-refractivity contribution in [3.8, 4) is 11.1 Å². The number of hydrogen-bond donors (Lipinski definition) is 0. The molecule has 4 rings (SSSR count). The maximum absolute atomic E-state index is 13.5. The Balaban J connectivity index is 1.70. The highest BCUT2D eigenvalue weighted by Crippen LogP contribution is 2.27. The van der Waals surface area contributed by atoms with Crippen molar-refractivity contribution < 1.29 is 9.59 Å². The zero-order valence-electron chi connectivity index (χ0n) is 19.1. The number of carbonyl (C=O) groups is 2. The predicted molar refractivity (Wildman–Crippen MR) is 129 cm³/mol. The Hall–Kier alpha value is -3.67. The second-order valence-electron chi connectivity index (χ2n) is 8.43. The van der Waals surface area contributed by atoms with E-state index in [1.807, 2.05) is 41.3 Å². The van der Waals surface area contributed by atoms with Gasteiger partial charge >= 0.3 is 0 Å². The zero-order chi connectivity index (χ0) is 23.4. The number of carbonyl (C=O) groups excluding carboxylic acids is 2. The van der Waals surface area contributed by atoms with Crippen LogP contribution < -0.4 is 5.56 Å². The molecule has 0 bridgehead atoms. The van der Waals surface area contributed by atoms with Gasteiger partial charge in [0.05, 0.1) is 5.56 Å². The lowest BCUT2D eigenvalue weighted by Crippen LogP contribution is -2.59. The summed E-state index contributed by atoms with van der Waals surface area (Å²) in [5.74, 6) is -0.249. The summed E-state index contributed by atoms with van der Waals surface area (Å²) >= 11 is 0. The van der Waals surface area contributed by atoms with Gasteiger partial charge in [0.2, 0.25) is 11.5 Å². The summed E-state index contributed by atoms with van der Waals surface area (Å²) in [6, 6.07) is 20.5. The van der Waals surface area contributed by atoms with Gasteiger partial charge in [-0.3, -0.25) is 14.4 Å². The lowest BCUT2D eigenvalue weighted by Gasteiger charge is -2.41. The Morgan fingerprint density at radius 3 is 2.39 bits per heavy atom. The van der Waals surface area contributed by atoms with Crippen LogP contribution in [0.3, 0.4) is 0 Å². The molecule has 1 atom stereocenters. The van der Waals surface area contributed by atoms with Gasteiger partial charge in [-0.15, -0.1) is 0 Å². The zero-order valence-corrected chi connectivity index (χ0v) is 19.1. The molecule has 2 aromatic carbocycles. The lowest BCUT2D eigenvalue weighted by atomic mass is 9.93. The molecule has 1 aliphatic rings. The molecular formula is C27H29N3O3. The number of amides is 2. The predicted octanol–water partition coefficient (Wildman–Crippen LogP) is 3.36. The standard InChI is InChI=1S/C27H29N3O3/c1-3-15-29-16-17-30(26(32)22-13-14-25(31)28(2)19-22)24(27(29)33)18-21-11-7-8-12-23(21)20-9-5-4-6-10-20/h4-14,19,24H,3,15-18H2,1-2H3/t24-/m0/s1. The maximum Gasteiger partial charge on any atom is 0.256 e. The van der Waals surface area contributed by atoms with E-state index < -0.39 is 6.04 Å².